The minimum Gasteiger partial charge on any atom is -0.310 e. The molecule has 28 heteroatoms. The summed E-state index contributed by atoms with van der Waals surface area (Å²) in [5.41, 5.74) is 0. The largest absolute Gasteiger partial charge is 0.460 e. The zero-order valence-electron chi connectivity index (χ0n) is 22.4. The average molecular weight is 814 g/mol. The predicted molar refractivity (Wildman–Crippen MR) is 114 cm³/mol. The number of allylic oxidation sites excluding steroid dienone is 2. The summed E-state index contributed by atoms with van der Waals surface area (Å²) < 4.78 is 359. The van der Waals surface area contributed by atoms with Gasteiger partial charge in [-0.05, 0) is 23.8 Å². The number of benzene rings is 1. The first-order valence-electron chi connectivity index (χ1n) is 11.5. The fourth-order valence-corrected chi connectivity index (χ4v) is 4.96. The Morgan fingerprint density at radius 2 is 0.600 bits per heavy atom. The maximum atomic E-state index is 14.2. The van der Waals surface area contributed by atoms with Crippen LogP contribution in [-0.2, 0) is 4.57 Å². The van der Waals surface area contributed by atoms with E-state index in [-0.39, 0.29) is 12.1 Å². The quantitative estimate of drug-likeness (QED) is 0.143. The maximum absolute atomic E-state index is 14.2. The first-order chi connectivity index (χ1) is 21.5. The van der Waals surface area contributed by atoms with Gasteiger partial charge in [-0.25, -0.2) is 0 Å². The molecule has 50 heavy (non-hydrogen) atoms. The van der Waals surface area contributed by atoms with Crippen LogP contribution in [0.3, 0.4) is 0 Å². The van der Waals surface area contributed by atoms with Gasteiger partial charge in [0.25, 0.3) is 0 Å². The van der Waals surface area contributed by atoms with Crippen LogP contribution in [0.1, 0.15) is 0 Å². The van der Waals surface area contributed by atoms with Crippen molar-refractivity contribution in [1.82, 2.24) is 0 Å². The van der Waals surface area contributed by atoms with Crippen molar-refractivity contribution in [3.8, 4) is 0 Å². The highest BCUT2D eigenvalue weighted by Crippen LogP contribution is 2.63. The Labute approximate surface area is 257 Å². The van der Waals surface area contributed by atoms with Gasteiger partial charge in [0.1, 0.15) is 0 Å². The SMILES string of the molecule is O=P(/C=C/C(F)(F)C(F)(F)C(F)(F)C(F)(F)C(F)(F)C(F)(F)F)(/C=C/C(F)(F)C(F)(F)C(F)(F)C(F)(F)C(F)(F)C(F)(F)F)c1ccccc1. The smallest absolute Gasteiger partial charge is 0.310 e. The molecule has 290 valence electrons. The molecule has 0 atom stereocenters. The molecular formula is C22H9F26OP. The van der Waals surface area contributed by atoms with Crippen molar-refractivity contribution in [3.05, 3.63) is 54.1 Å². The minimum atomic E-state index is -8.47. The van der Waals surface area contributed by atoms with Gasteiger partial charge in [0, 0.05) is 5.30 Å². The van der Waals surface area contributed by atoms with Gasteiger partial charge in [0.2, 0.25) is 0 Å². The number of hydrogen-bond donors (Lipinski definition) is 0. The van der Waals surface area contributed by atoms with E-state index in [2.05, 4.69) is 0 Å². The molecule has 0 saturated heterocycles. The number of alkyl halides is 26. The van der Waals surface area contributed by atoms with E-state index in [1.165, 1.54) is 0 Å². The Morgan fingerprint density at radius 3 is 0.840 bits per heavy atom. The summed E-state index contributed by atoms with van der Waals surface area (Å²) >= 11 is 0. The summed E-state index contributed by atoms with van der Waals surface area (Å²) in [5, 5.41) is -1.48. The van der Waals surface area contributed by atoms with E-state index in [0.717, 1.165) is 6.07 Å². The molecule has 0 saturated carbocycles. The van der Waals surface area contributed by atoms with Crippen LogP contribution in [0.2, 0.25) is 0 Å². The van der Waals surface area contributed by atoms with Crippen molar-refractivity contribution in [2.75, 3.05) is 0 Å². The lowest BCUT2D eigenvalue weighted by Crippen LogP contribution is -2.69. The number of halogens is 26. The van der Waals surface area contributed by atoms with Gasteiger partial charge >= 0.3 is 71.6 Å². The summed E-state index contributed by atoms with van der Waals surface area (Å²) in [7, 11) is -6.22. The molecule has 0 aliphatic carbocycles. The van der Waals surface area contributed by atoms with Crippen LogP contribution in [0.15, 0.2) is 54.1 Å². The van der Waals surface area contributed by atoms with Crippen molar-refractivity contribution in [3.63, 3.8) is 0 Å². The van der Waals surface area contributed by atoms with Gasteiger partial charge in [-0.2, -0.15) is 114 Å². The summed E-state index contributed by atoms with van der Waals surface area (Å²) in [4.78, 5) is 0. The second kappa shape index (κ2) is 12.4. The number of hydrogen-bond acceptors (Lipinski definition) is 1. The molecule has 0 fully saturated rings. The molecule has 0 aliphatic heterocycles. The monoisotopic (exact) mass is 814 g/mol. The zero-order valence-corrected chi connectivity index (χ0v) is 23.3. The van der Waals surface area contributed by atoms with Gasteiger partial charge in [0.05, 0.1) is 0 Å². The van der Waals surface area contributed by atoms with E-state index in [1.54, 1.807) is 0 Å². The van der Waals surface area contributed by atoms with Crippen molar-refractivity contribution in [2.45, 2.75) is 71.6 Å². The van der Waals surface area contributed by atoms with Gasteiger partial charge in [-0.15, -0.1) is 0 Å². The molecular weight excluding hydrogens is 805 g/mol. The highest BCUT2D eigenvalue weighted by molar-refractivity contribution is 7.77. The van der Waals surface area contributed by atoms with Gasteiger partial charge < -0.3 is 4.57 Å². The van der Waals surface area contributed by atoms with E-state index < -0.39 is 108 Å². The van der Waals surface area contributed by atoms with E-state index in [0.29, 0.717) is 12.1 Å². The van der Waals surface area contributed by atoms with Crippen LogP contribution in [0.5, 0.6) is 0 Å². The average Bonchev–Trinajstić information content (AvgIpc) is 2.93. The molecule has 0 spiro atoms. The molecule has 0 N–H and O–H groups in total. The van der Waals surface area contributed by atoms with E-state index >= 15 is 0 Å². The van der Waals surface area contributed by atoms with E-state index in [1.807, 2.05) is 0 Å². The normalized spacial score (nSPS) is 16.5. The molecule has 1 aromatic carbocycles. The summed E-state index contributed by atoms with van der Waals surface area (Å²) in [5.74, 6) is -83.7. The molecule has 0 radical (unpaired) electrons. The van der Waals surface area contributed by atoms with E-state index in [9.17, 15) is 119 Å². The third-order valence-corrected chi connectivity index (χ3v) is 8.37. The summed E-state index contributed by atoms with van der Waals surface area (Å²) in [6.45, 7) is 0. The van der Waals surface area contributed by atoms with Crippen LogP contribution >= 0.6 is 7.14 Å². The van der Waals surface area contributed by atoms with Crippen molar-refractivity contribution >= 4 is 12.4 Å². The van der Waals surface area contributed by atoms with Crippen LogP contribution in [0.25, 0.3) is 0 Å². The molecule has 1 rings (SSSR count). The summed E-state index contributed by atoms with van der Waals surface area (Å²) in [6, 6.07) is 2.25. The van der Waals surface area contributed by atoms with Crippen molar-refractivity contribution in [2.24, 2.45) is 0 Å². The molecule has 0 heterocycles. The molecule has 0 aromatic heterocycles. The third kappa shape index (κ3) is 6.62. The Morgan fingerprint density at radius 1 is 0.360 bits per heavy atom. The first-order valence-corrected chi connectivity index (χ1v) is 13.3. The maximum Gasteiger partial charge on any atom is 0.460 e. The minimum absolute atomic E-state index is 0.196. The topological polar surface area (TPSA) is 17.1 Å². The Kier molecular flexibility index (Phi) is 11.2. The third-order valence-electron chi connectivity index (χ3n) is 6.09. The molecule has 0 amide bonds. The lowest BCUT2D eigenvalue weighted by molar-refractivity contribution is -0.436. The van der Waals surface area contributed by atoms with Gasteiger partial charge in [-0.1, -0.05) is 30.3 Å². The van der Waals surface area contributed by atoms with Crippen LogP contribution in [-0.4, -0.2) is 71.6 Å². The predicted octanol–water partition coefficient (Wildman–Crippen LogP) is 11.2. The van der Waals surface area contributed by atoms with Crippen molar-refractivity contribution in [1.29, 1.82) is 0 Å². The highest BCUT2D eigenvalue weighted by Gasteiger charge is 2.92. The number of rotatable bonds is 13. The lowest BCUT2D eigenvalue weighted by Gasteiger charge is -2.39. The second-order valence-corrected chi connectivity index (χ2v) is 12.0. The Bertz CT molecular complexity index is 1380. The van der Waals surface area contributed by atoms with Crippen LogP contribution < -0.4 is 5.30 Å². The van der Waals surface area contributed by atoms with Crippen molar-refractivity contribution < 1.29 is 119 Å². The standard InChI is InChI=1S/C22H9F26OP/c23-11(24,13(27,28)15(31,32)17(35,36)19(39,40)21(43,44)45)6-8-50(49,10-4-2-1-3-5-10)9-7-12(25,26)14(29,30)16(33,34)18(37,38)20(41,42)22(46,47)48/h1-9H/b8-6+,9-7+. The fraction of sp³-hybridized carbons (Fsp3) is 0.545. The first kappa shape index (κ1) is 45.1. The molecule has 0 unspecified atom stereocenters. The zero-order chi connectivity index (χ0) is 40.4. The Hall–Kier alpha value is -2.89. The van der Waals surface area contributed by atoms with Crippen LogP contribution in [0.4, 0.5) is 114 Å². The molecule has 1 aromatic rings. The van der Waals surface area contributed by atoms with Gasteiger partial charge in [-0.3, -0.25) is 0 Å². The fourth-order valence-electron chi connectivity index (χ4n) is 3.06. The Balaban J connectivity index is 3.91. The van der Waals surface area contributed by atoms with Crippen LogP contribution in [0, 0.1) is 0 Å². The second-order valence-electron chi connectivity index (χ2n) is 9.51. The molecule has 0 bridgehead atoms. The van der Waals surface area contributed by atoms with Gasteiger partial charge in [0.15, 0.2) is 7.14 Å². The lowest BCUT2D eigenvalue weighted by atomic mass is 9.94. The van der Waals surface area contributed by atoms with E-state index in [4.69, 9.17) is 0 Å². The molecule has 1 nitrogen and oxygen atoms in total. The highest BCUT2D eigenvalue weighted by atomic mass is 31.2. The summed E-state index contributed by atoms with van der Waals surface area (Å²) in [6.07, 6.45) is -19.8. The molecule has 0 aliphatic rings.